The van der Waals surface area contributed by atoms with E-state index in [1.807, 2.05) is 0 Å². The van der Waals surface area contributed by atoms with Crippen LogP contribution in [0.2, 0.25) is 0 Å². The Morgan fingerprint density at radius 3 is 2.17 bits per heavy atom. The van der Waals surface area contributed by atoms with Crippen molar-refractivity contribution in [3.8, 4) is 0 Å². The predicted octanol–water partition coefficient (Wildman–Crippen LogP) is 2.73. The van der Waals surface area contributed by atoms with Gasteiger partial charge in [0.05, 0.1) is 6.42 Å². The van der Waals surface area contributed by atoms with Gasteiger partial charge in [-0.3, -0.25) is 4.79 Å². The quantitative estimate of drug-likeness (QED) is 0.843. The lowest BCUT2D eigenvalue weighted by Crippen LogP contribution is -2.38. The summed E-state index contributed by atoms with van der Waals surface area (Å²) in [5.74, 6) is -0.691. The Morgan fingerprint density at radius 1 is 1.22 bits per heavy atom. The van der Waals surface area contributed by atoms with E-state index < -0.39 is 11.1 Å². The molecule has 1 aromatic rings. The van der Waals surface area contributed by atoms with Crippen LogP contribution in [0.1, 0.15) is 39.7 Å². The molecule has 0 radical (unpaired) electrons. The molecule has 0 aliphatic carbocycles. The summed E-state index contributed by atoms with van der Waals surface area (Å²) in [6, 6.07) is 5.82. The third-order valence-electron chi connectivity index (χ3n) is 2.44. The molecule has 0 saturated heterocycles. The van der Waals surface area contributed by atoms with Crippen LogP contribution in [0.3, 0.4) is 0 Å². The topological polar surface area (TPSA) is 52.3 Å². The van der Waals surface area contributed by atoms with Gasteiger partial charge in [-0.25, -0.2) is 4.39 Å². The Kier molecular flexibility index (Phi) is 4.12. The molecular formula is C14H20FNO2. The molecule has 2 N–H and O–H groups in total. The van der Waals surface area contributed by atoms with Gasteiger partial charge >= 0.3 is 5.97 Å². The van der Waals surface area contributed by atoms with Crippen molar-refractivity contribution in [3.05, 3.63) is 35.6 Å². The van der Waals surface area contributed by atoms with Gasteiger partial charge in [-0.2, -0.15) is 0 Å². The highest BCUT2D eigenvalue weighted by atomic mass is 19.1. The summed E-state index contributed by atoms with van der Waals surface area (Å²) in [4.78, 5) is 11.7. The van der Waals surface area contributed by atoms with Crippen molar-refractivity contribution < 1.29 is 13.9 Å². The number of benzene rings is 1. The van der Waals surface area contributed by atoms with Gasteiger partial charge in [0.1, 0.15) is 11.4 Å². The van der Waals surface area contributed by atoms with Gasteiger partial charge in [0.15, 0.2) is 0 Å². The summed E-state index contributed by atoms with van der Waals surface area (Å²) >= 11 is 0. The summed E-state index contributed by atoms with van der Waals surface area (Å²) in [7, 11) is 0. The van der Waals surface area contributed by atoms with E-state index in [0.29, 0.717) is 5.56 Å². The minimum Gasteiger partial charge on any atom is -0.460 e. The minimum absolute atomic E-state index is 0.0515. The lowest BCUT2D eigenvalue weighted by Gasteiger charge is -2.27. The molecular weight excluding hydrogens is 233 g/mol. The van der Waals surface area contributed by atoms with Crippen LogP contribution in [0.5, 0.6) is 0 Å². The van der Waals surface area contributed by atoms with E-state index in [0.717, 1.165) is 0 Å². The molecule has 3 nitrogen and oxygen atoms in total. The maximum absolute atomic E-state index is 12.8. The van der Waals surface area contributed by atoms with Gasteiger partial charge in [-0.1, -0.05) is 12.1 Å². The number of ether oxygens (including phenoxy) is 1. The average Bonchev–Trinajstić information content (AvgIpc) is 2.13. The molecule has 0 bridgehead atoms. The fourth-order valence-electron chi connectivity index (χ4n) is 1.61. The highest BCUT2D eigenvalue weighted by Gasteiger charge is 2.28. The van der Waals surface area contributed by atoms with Crippen LogP contribution < -0.4 is 5.73 Å². The second-order valence-corrected chi connectivity index (χ2v) is 5.69. The van der Waals surface area contributed by atoms with Gasteiger partial charge in [0.2, 0.25) is 0 Å². The molecule has 0 amide bonds. The van der Waals surface area contributed by atoms with Crippen molar-refractivity contribution in [2.45, 2.75) is 45.3 Å². The molecule has 0 fully saturated rings. The third kappa shape index (κ3) is 4.45. The third-order valence-corrected chi connectivity index (χ3v) is 2.44. The summed E-state index contributed by atoms with van der Waals surface area (Å²) in [5, 5.41) is 0. The molecule has 0 aliphatic rings. The highest BCUT2D eigenvalue weighted by molar-refractivity contribution is 5.71. The predicted molar refractivity (Wildman–Crippen MR) is 68.4 cm³/mol. The highest BCUT2D eigenvalue weighted by Crippen LogP contribution is 2.23. The van der Waals surface area contributed by atoms with Crippen LogP contribution in [-0.4, -0.2) is 11.6 Å². The number of halogens is 1. The number of esters is 1. The zero-order valence-electron chi connectivity index (χ0n) is 11.3. The number of hydrogen-bond acceptors (Lipinski definition) is 3. The molecule has 1 rings (SSSR count). The molecule has 0 aromatic heterocycles. The van der Waals surface area contributed by atoms with Crippen LogP contribution in [0, 0.1) is 5.82 Å². The minimum atomic E-state index is -0.865. The standard InChI is InChI=1S/C14H20FNO2/c1-13(2,3)18-12(17)9-14(4,16)10-5-7-11(15)8-6-10/h5-8H,9,16H2,1-4H3. The van der Waals surface area contributed by atoms with Crippen LogP contribution in [0.15, 0.2) is 24.3 Å². The Hall–Kier alpha value is -1.42. The van der Waals surface area contributed by atoms with Crippen LogP contribution >= 0.6 is 0 Å². The molecule has 1 atom stereocenters. The summed E-state index contributed by atoms with van der Waals surface area (Å²) in [6.07, 6.45) is 0.0515. The smallest absolute Gasteiger partial charge is 0.308 e. The molecule has 0 spiro atoms. The first kappa shape index (κ1) is 14.6. The van der Waals surface area contributed by atoms with E-state index >= 15 is 0 Å². The summed E-state index contributed by atoms with van der Waals surface area (Å²) in [5.41, 5.74) is 5.39. The molecule has 0 saturated carbocycles. The Balaban J connectivity index is 2.75. The molecule has 1 unspecified atom stereocenters. The van der Waals surface area contributed by atoms with Gasteiger partial charge in [-0.05, 0) is 45.4 Å². The SMILES string of the molecule is CC(C)(C)OC(=O)CC(C)(N)c1ccc(F)cc1. The van der Waals surface area contributed by atoms with Crippen LogP contribution in [-0.2, 0) is 15.1 Å². The van der Waals surface area contributed by atoms with E-state index in [2.05, 4.69) is 0 Å². The molecule has 0 aliphatic heterocycles. The first-order valence-electron chi connectivity index (χ1n) is 5.87. The van der Waals surface area contributed by atoms with Crippen LogP contribution in [0.25, 0.3) is 0 Å². The maximum Gasteiger partial charge on any atom is 0.308 e. The van der Waals surface area contributed by atoms with Crippen molar-refractivity contribution >= 4 is 5.97 Å². The normalized spacial score (nSPS) is 15.0. The maximum atomic E-state index is 12.8. The zero-order chi connectivity index (χ0) is 14.0. The second-order valence-electron chi connectivity index (χ2n) is 5.69. The number of carbonyl (C=O) groups is 1. The van der Waals surface area contributed by atoms with Crippen LogP contribution in [0.4, 0.5) is 4.39 Å². The number of nitrogens with two attached hydrogens (primary N) is 1. The Labute approximate surface area is 107 Å². The molecule has 4 heteroatoms. The average molecular weight is 253 g/mol. The van der Waals surface area contributed by atoms with E-state index in [1.165, 1.54) is 12.1 Å². The first-order valence-corrected chi connectivity index (χ1v) is 5.87. The van der Waals surface area contributed by atoms with E-state index in [-0.39, 0.29) is 18.2 Å². The molecule has 100 valence electrons. The van der Waals surface area contributed by atoms with Crippen molar-refractivity contribution in [2.75, 3.05) is 0 Å². The number of carbonyl (C=O) groups excluding carboxylic acids is 1. The fourth-order valence-corrected chi connectivity index (χ4v) is 1.61. The van der Waals surface area contributed by atoms with Gasteiger partial charge < -0.3 is 10.5 Å². The second kappa shape index (κ2) is 5.06. The van der Waals surface area contributed by atoms with E-state index in [1.54, 1.807) is 39.8 Å². The lowest BCUT2D eigenvalue weighted by molar-refractivity contribution is -0.156. The van der Waals surface area contributed by atoms with Crippen molar-refractivity contribution in [3.63, 3.8) is 0 Å². The first-order chi connectivity index (χ1) is 8.10. The summed E-state index contributed by atoms with van der Waals surface area (Å²) < 4.78 is 18.1. The van der Waals surface area contributed by atoms with Crippen molar-refractivity contribution in [2.24, 2.45) is 5.73 Å². The van der Waals surface area contributed by atoms with Gasteiger partial charge in [0, 0.05) is 5.54 Å². The fraction of sp³-hybridized carbons (Fsp3) is 0.500. The lowest BCUT2D eigenvalue weighted by atomic mass is 9.90. The molecule has 0 heterocycles. The monoisotopic (exact) mass is 253 g/mol. The van der Waals surface area contributed by atoms with Gasteiger partial charge in [0.25, 0.3) is 0 Å². The number of rotatable bonds is 3. The Morgan fingerprint density at radius 2 is 1.72 bits per heavy atom. The zero-order valence-corrected chi connectivity index (χ0v) is 11.3. The number of hydrogen-bond donors (Lipinski definition) is 1. The van der Waals surface area contributed by atoms with E-state index in [4.69, 9.17) is 10.5 Å². The van der Waals surface area contributed by atoms with Gasteiger partial charge in [-0.15, -0.1) is 0 Å². The molecule has 18 heavy (non-hydrogen) atoms. The van der Waals surface area contributed by atoms with Crippen molar-refractivity contribution in [1.29, 1.82) is 0 Å². The van der Waals surface area contributed by atoms with E-state index in [9.17, 15) is 9.18 Å². The van der Waals surface area contributed by atoms with Crippen molar-refractivity contribution in [1.82, 2.24) is 0 Å². The summed E-state index contributed by atoms with van der Waals surface area (Å²) in [6.45, 7) is 7.13. The largest absolute Gasteiger partial charge is 0.460 e. The molecule has 1 aromatic carbocycles. The Bertz CT molecular complexity index is 418.